The van der Waals surface area contributed by atoms with Crippen molar-refractivity contribution in [2.24, 2.45) is 0 Å². The standard InChI is InChI=1S/C15H15N3O5/c16-8-11(15(20)17-9-13-2-1-5-23-13)6-10-7-12(18(21)22)3-4-14(10)19/h3-4,6-7,13,19H,1-2,5,9H2,(H,17,20). The molecular weight excluding hydrogens is 302 g/mol. The molecule has 8 heteroatoms. The molecule has 0 radical (unpaired) electrons. The van der Waals surface area contributed by atoms with Crippen molar-refractivity contribution in [3.05, 3.63) is 39.4 Å². The SMILES string of the molecule is N#CC(=Cc1cc([N+](=O)[O-])ccc1O)C(=O)NCC1CCCO1. The van der Waals surface area contributed by atoms with Gasteiger partial charge in [-0.1, -0.05) is 0 Å². The number of nitriles is 1. The Bertz CT molecular complexity index is 687. The number of hydrogen-bond acceptors (Lipinski definition) is 6. The number of aromatic hydroxyl groups is 1. The molecule has 8 nitrogen and oxygen atoms in total. The first kappa shape index (κ1) is 16.5. The average molecular weight is 317 g/mol. The molecule has 1 aromatic rings. The first-order valence-electron chi connectivity index (χ1n) is 7.00. The summed E-state index contributed by atoms with van der Waals surface area (Å²) in [6.45, 7) is 0.946. The fraction of sp³-hybridized carbons (Fsp3) is 0.333. The van der Waals surface area contributed by atoms with Crippen LogP contribution in [-0.4, -0.2) is 35.2 Å². The van der Waals surface area contributed by atoms with Crippen molar-refractivity contribution in [1.29, 1.82) is 5.26 Å². The smallest absolute Gasteiger partial charge is 0.270 e. The predicted octanol–water partition coefficient (Wildman–Crippen LogP) is 1.50. The van der Waals surface area contributed by atoms with Crippen molar-refractivity contribution in [3.63, 3.8) is 0 Å². The number of rotatable bonds is 5. The minimum Gasteiger partial charge on any atom is -0.507 e. The highest BCUT2D eigenvalue weighted by molar-refractivity contribution is 6.02. The van der Waals surface area contributed by atoms with Crippen molar-refractivity contribution >= 4 is 17.7 Å². The van der Waals surface area contributed by atoms with Crippen LogP contribution >= 0.6 is 0 Å². The number of phenols is 1. The minimum atomic E-state index is -0.625. The van der Waals surface area contributed by atoms with E-state index in [2.05, 4.69) is 5.32 Å². The van der Waals surface area contributed by atoms with Crippen molar-refractivity contribution < 1.29 is 19.6 Å². The maximum Gasteiger partial charge on any atom is 0.270 e. The Morgan fingerprint density at radius 2 is 2.39 bits per heavy atom. The summed E-state index contributed by atoms with van der Waals surface area (Å²) in [6, 6.07) is 5.10. The van der Waals surface area contributed by atoms with E-state index in [1.807, 2.05) is 0 Å². The number of benzene rings is 1. The quantitative estimate of drug-likeness (QED) is 0.367. The van der Waals surface area contributed by atoms with E-state index < -0.39 is 10.8 Å². The first-order chi connectivity index (χ1) is 11.0. The average Bonchev–Trinajstić information content (AvgIpc) is 3.05. The largest absolute Gasteiger partial charge is 0.507 e. The third-order valence-electron chi connectivity index (χ3n) is 3.40. The number of ether oxygens (including phenoxy) is 1. The molecule has 1 atom stereocenters. The Morgan fingerprint density at radius 3 is 3.00 bits per heavy atom. The van der Waals surface area contributed by atoms with E-state index in [-0.39, 0.29) is 28.7 Å². The summed E-state index contributed by atoms with van der Waals surface area (Å²) < 4.78 is 5.36. The second kappa shape index (κ2) is 7.38. The maximum atomic E-state index is 12.0. The van der Waals surface area contributed by atoms with Gasteiger partial charge in [0.15, 0.2) is 0 Å². The lowest BCUT2D eigenvalue weighted by molar-refractivity contribution is -0.384. The van der Waals surface area contributed by atoms with Gasteiger partial charge in [-0.25, -0.2) is 0 Å². The van der Waals surface area contributed by atoms with Crippen molar-refractivity contribution in [2.45, 2.75) is 18.9 Å². The number of nitro benzene ring substituents is 1. The van der Waals surface area contributed by atoms with Crippen LogP contribution in [0, 0.1) is 21.4 Å². The molecule has 1 fully saturated rings. The number of nitro groups is 1. The predicted molar refractivity (Wildman–Crippen MR) is 80.3 cm³/mol. The molecule has 1 aromatic carbocycles. The molecule has 1 aliphatic rings. The molecule has 0 spiro atoms. The van der Waals surface area contributed by atoms with Crippen molar-refractivity contribution in [1.82, 2.24) is 5.32 Å². The van der Waals surface area contributed by atoms with Crippen LogP contribution in [0.3, 0.4) is 0 Å². The summed E-state index contributed by atoms with van der Waals surface area (Å²) in [4.78, 5) is 22.1. The van der Waals surface area contributed by atoms with Gasteiger partial charge in [0.05, 0.1) is 11.0 Å². The fourth-order valence-corrected chi connectivity index (χ4v) is 2.18. The van der Waals surface area contributed by atoms with E-state index >= 15 is 0 Å². The molecule has 120 valence electrons. The van der Waals surface area contributed by atoms with Crippen LogP contribution in [0.1, 0.15) is 18.4 Å². The third kappa shape index (κ3) is 4.28. The van der Waals surface area contributed by atoms with Crippen molar-refractivity contribution in [2.75, 3.05) is 13.2 Å². The second-order valence-electron chi connectivity index (χ2n) is 5.02. The summed E-state index contributed by atoms with van der Waals surface area (Å²) in [7, 11) is 0. The van der Waals surface area contributed by atoms with E-state index in [0.717, 1.165) is 37.1 Å². The van der Waals surface area contributed by atoms with E-state index in [4.69, 9.17) is 10.00 Å². The number of carbonyl (C=O) groups excluding carboxylic acids is 1. The molecule has 1 unspecified atom stereocenters. The molecule has 1 saturated heterocycles. The van der Waals surface area contributed by atoms with E-state index in [0.29, 0.717) is 13.2 Å². The van der Waals surface area contributed by atoms with Gasteiger partial charge in [0, 0.05) is 30.8 Å². The molecule has 1 aliphatic heterocycles. The number of nitrogens with zero attached hydrogens (tertiary/aromatic N) is 2. The maximum absolute atomic E-state index is 12.0. The normalized spacial score (nSPS) is 17.5. The van der Waals surface area contributed by atoms with Gasteiger partial charge in [-0.05, 0) is 25.0 Å². The summed E-state index contributed by atoms with van der Waals surface area (Å²) in [6.07, 6.45) is 2.83. The lowest BCUT2D eigenvalue weighted by atomic mass is 10.1. The van der Waals surface area contributed by atoms with Crippen LogP contribution in [0.2, 0.25) is 0 Å². The summed E-state index contributed by atoms with van der Waals surface area (Å²) >= 11 is 0. The highest BCUT2D eigenvalue weighted by Crippen LogP contribution is 2.25. The van der Waals surface area contributed by atoms with Crippen LogP contribution in [0.15, 0.2) is 23.8 Å². The summed E-state index contributed by atoms with van der Waals surface area (Å²) in [5, 5.41) is 32.1. The molecule has 0 aromatic heterocycles. The van der Waals surface area contributed by atoms with Gasteiger partial charge in [-0.15, -0.1) is 0 Å². The Hall–Kier alpha value is -2.92. The molecule has 0 saturated carbocycles. The molecule has 23 heavy (non-hydrogen) atoms. The molecule has 0 aliphatic carbocycles. The van der Waals surface area contributed by atoms with E-state index in [1.54, 1.807) is 6.07 Å². The van der Waals surface area contributed by atoms with Gasteiger partial charge in [0.2, 0.25) is 0 Å². The molecule has 2 rings (SSSR count). The molecular formula is C15H15N3O5. The molecule has 1 amide bonds. The fourth-order valence-electron chi connectivity index (χ4n) is 2.18. The van der Waals surface area contributed by atoms with Crippen LogP contribution in [0.5, 0.6) is 5.75 Å². The zero-order valence-electron chi connectivity index (χ0n) is 12.2. The first-order valence-corrected chi connectivity index (χ1v) is 7.00. The number of amides is 1. The molecule has 0 bridgehead atoms. The monoisotopic (exact) mass is 317 g/mol. The lowest BCUT2D eigenvalue weighted by Gasteiger charge is -2.10. The zero-order valence-corrected chi connectivity index (χ0v) is 12.2. The number of phenolic OH excluding ortho intramolecular Hbond substituents is 1. The van der Waals surface area contributed by atoms with Crippen LogP contribution < -0.4 is 5.32 Å². The van der Waals surface area contributed by atoms with Gasteiger partial charge in [0.1, 0.15) is 17.4 Å². The number of non-ortho nitro benzene ring substituents is 1. The number of hydrogen-bond donors (Lipinski definition) is 2. The minimum absolute atomic E-state index is 0.0306. The lowest BCUT2D eigenvalue weighted by Crippen LogP contribution is -2.32. The Kier molecular flexibility index (Phi) is 5.28. The van der Waals surface area contributed by atoms with Gasteiger partial charge in [-0.2, -0.15) is 5.26 Å². The highest BCUT2D eigenvalue weighted by Gasteiger charge is 2.18. The van der Waals surface area contributed by atoms with E-state index in [9.17, 15) is 20.0 Å². The van der Waals surface area contributed by atoms with E-state index in [1.165, 1.54) is 0 Å². The Morgan fingerprint density at radius 1 is 1.61 bits per heavy atom. The summed E-state index contributed by atoms with van der Waals surface area (Å²) in [5.41, 5.74) is -0.465. The molecule has 2 N–H and O–H groups in total. The number of nitrogens with one attached hydrogen (secondary N) is 1. The molecule has 1 heterocycles. The van der Waals surface area contributed by atoms with Gasteiger partial charge in [-0.3, -0.25) is 14.9 Å². The summed E-state index contributed by atoms with van der Waals surface area (Å²) in [5.74, 6) is -0.871. The Labute approximate surface area is 132 Å². The van der Waals surface area contributed by atoms with Crippen LogP contribution in [0.25, 0.3) is 6.08 Å². The Balaban J connectivity index is 2.14. The van der Waals surface area contributed by atoms with Gasteiger partial charge in [0.25, 0.3) is 11.6 Å². The van der Waals surface area contributed by atoms with Gasteiger partial charge >= 0.3 is 0 Å². The van der Waals surface area contributed by atoms with Crippen molar-refractivity contribution in [3.8, 4) is 11.8 Å². The number of carbonyl (C=O) groups is 1. The second-order valence-corrected chi connectivity index (χ2v) is 5.02. The van der Waals surface area contributed by atoms with Gasteiger partial charge < -0.3 is 15.2 Å². The van der Waals surface area contributed by atoms with Crippen LogP contribution in [0.4, 0.5) is 5.69 Å². The van der Waals surface area contributed by atoms with Crippen LogP contribution in [-0.2, 0) is 9.53 Å². The topological polar surface area (TPSA) is 125 Å². The highest BCUT2D eigenvalue weighted by atomic mass is 16.6. The zero-order chi connectivity index (χ0) is 16.8. The third-order valence-corrected chi connectivity index (χ3v) is 3.40.